The Bertz CT molecular complexity index is 982. The van der Waals surface area contributed by atoms with Gasteiger partial charge in [-0.15, -0.1) is 0 Å². The van der Waals surface area contributed by atoms with Gasteiger partial charge in [-0.1, -0.05) is 31.5 Å². The van der Waals surface area contributed by atoms with E-state index in [4.69, 9.17) is 21.1 Å². The van der Waals surface area contributed by atoms with Gasteiger partial charge in [0.25, 0.3) is 11.8 Å². The van der Waals surface area contributed by atoms with E-state index >= 15 is 0 Å². The van der Waals surface area contributed by atoms with Crippen molar-refractivity contribution in [2.24, 2.45) is 11.0 Å². The molecule has 0 saturated carbocycles. The van der Waals surface area contributed by atoms with Gasteiger partial charge < -0.3 is 14.8 Å². The largest absolute Gasteiger partial charge is 0.490 e. The third kappa shape index (κ3) is 7.24. The standard InChI is InChI=1S/C23H27BrClN3O4/c1-5-31-19-11-15(10-18(24)21(19)32-6-2)13-26-28-23(30)20(14(3)4)27-22(29)16-8-7-9-17(25)12-16/h7-14,20H,5-6H2,1-4H3,(H,27,29)(H,28,30)/b26-13-. The fourth-order valence-electron chi connectivity index (χ4n) is 2.84. The number of hydrogen-bond acceptors (Lipinski definition) is 5. The van der Waals surface area contributed by atoms with Crippen LogP contribution in [-0.4, -0.2) is 37.3 Å². The predicted octanol–water partition coefficient (Wildman–Crippen LogP) is 4.80. The molecule has 2 aromatic rings. The highest BCUT2D eigenvalue weighted by Crippen LogP contribution is 2.36. The maximum atomic E-state index is 12.7. The molecule has 9 heteroatoms. The third-order valence-electron chi connectivity index (χ3n) is 4.33. The van der Waals surface area contributed by atoms with Crippen LogP contribution < -0.4 is 20.2 Å². The number of rotatable bonds is 10. The van der Waals surface area contributed by atoms with Crippen molar-refractivity contribution in [1.82, 2.24) is 10.7 Å². The van der Waals surface area contributed by atoms with Gasteiger partial charge in [-0.25, -0.2) is 5.43 Å². The van der Waals surface area contributed by atoms with Gasteiger partial charge in [-0.3, -0.25) is 9.59 Å². The highest BCUT2D eigenvalue weighted by molar-refractivity contribution is 9.10. The lowest BCUT2D eigenvalue weighted by atomic mass is 10.0. The summed E-state index contributed by atoms with van der Waals surface area (Å²) in [5.74, 6) is 0.214. The monoisotopic (exact) mass is 523 g/mol. The lowest BCUT2D eigenvalue weighted by molar-refractivity contribution is -0.123. The van der Waals surface area contributed by atoms with Gasteiger partial charge in [0.05, 0.1) is 23.9 Å². The summed E-state index contributed by atoms with van der Waals surface area (Å²) in [5.41, 5.74) is 3.57. The molecule has 0 aliphatic rings. The topological polar surface area (TPSA) is 89.0 Å². The van der Waals surface area contributed by atoms with Crippen LogP contribution in [0, 0.1) is 5.92 Å². The van der Waals surface area contributed by atoms with Crippen molar-refractivity contribution in [1.29, 1.82) is 0 Å². The number of halogens is 2. The van der Waals surface area contributed by atoms with Crippen molar-refractivity contribution in [3.8, 4) is 11.5 Å². The first kappa shape index (κ1) is 25.7. The summed E-state index contributed by atoms with van der Waals surface area (Å²) in [4.78, 5) is 25.2. The summed E-state index contributed by atoms with van der Waals surface area (Å²) < 4.78 is 12.0. The van der Waals surface area contributed by atoms with E-state index in [0.29, 0.717) is 45.3 Å². The van der Waals surface area contributed by atoms with Gasteiger partial charge in [-0.2, -0.15) is 5.10 Å². The molecule has 0 saturated heterocycles. The Morgan fingerprint density at radius 2 is 1.88 bits per heavy atom. The van der Waals surface area contributed by atoms with Crippen LogP contribution in [0.15, 0.2) is 46.0 Å². The molecule has 0 aliphatic heterocycles. The Morgan fingerprint density at radius 3 is 2.50 bits per heavy atom. The zero-order valence-corrected chi connectivity index (χ0v) is 20.8. The van der Waals surface area contributed by atoms with Gasteiger partial charge >= 0.3 is 0 Å². The molecule has 0 fully saturated rings. The maximum absolute atomic E-state index is 12.7. The van der Waals surface area contributed by atoms with E-state index in [-0.39, 0.29) is 11.8 Å². The molecular weight excluding hydrogens is 498 g/mol. The number of benzene rings is 2. The lowest BCUT2D eigenvalue weighted by Crippen LogP contribution is -2.48. The molecule has 172 valence electrons. The predicted molar refractivity (Wildman–Crippen MR) is 130 cm³/mol. The second kappa shape index (κ2) is 12.5. The quantitative estimate of drug-likeness (QED) is 0.345. The van der Waals surface area contributed by atoms with Crippen LogP contribution in [0.1, 0.15) is 43.6 Å². The number of nitrogens with one attached hydrogen (secondary N) is 2. The van der Waals surface area contributed by atoms with Crippen molar-refractivity contribution < 1.29 is 19.1 Å². The first-order valence-corrected chi connectivity index (χ1v) is 11.4. The molecule has 0 radical (unpaired) electrons. The Kier molecular flexibility index (Phi) is 9.99. The Morgan fingerprint density at radius 1 is 1.16 bits per heavy atom. The minimum Gasteiger partial charge on any atom is -0.490 e. The molecule has 7 nitrogen and oxygen atoms in total. The van der Waals surface area contributed by atoms with E-state index in [2.05, 4.69) is 31.8 Å². The van der Waals surface area contributed by atoms with Crippen LogP contribution in [0.3, 0.4) is 0 Å². The maximum Gasteiger partial charge on any atom is 0.262 e. The van der Waals surface area contributed by atoms with Crippen molar-refractivity contribution in [3.63, 3.8) is 0 Å². The molecule has 1 atom stereocenters. The summed E-state index contributed by atoms with van der Waals surface area (Å²) in [6, 6.07) is 9.34. The fourth-order valence-corrected chi connectivity index (χ4v) is 3.60. The minimum atomic E-state index is -0.773. The number of amides is 2. The summed E-state index contributed by atoms with van der Waals surface area (Å²) in [5, 5.41) is 7.23. The molecule has 0 spiro atoms. The lowest BCUT2D eigenvalue weighted by Gasteiger charge is -2.20. The summed E-state index contributed by atoms with van der Waals surface area (Å²) in [7, 11) is 0. The molecular formula is C23H27BrClN3O4. The molecule has 0 aliphatic carbocycles. The molecule has 2 aromatic carbocycles. The van der Waals surface area contributed by atoms with Gasteiger partial charge in [0.1, 0.15) is 6.04 Å². The van der Waals surface area contributed by atoms with Crippen LogP contribution in [0.5, 0.6) is 11.5 Å². The summed E-state index contributed by atoms with van der Waals surface area (Å²) >= 11 is 9.42. The van der Waals surface area contributed by atoms with Crippen molar-refractivity contribution in [2.75, 3.05) is 13.2 Å². The average Bonchev–Trinajstić information content (AvgIpc) is 2.74. The molecule has 2 rings (SSSR count). The van der Waals surface area contributed by atoms with Gasteiger partial charge in [0.15, 0.2) is 11.5 Å². The summed E-state index contributed by atoms with van der Waals surface area (Å²) in [6.45, 7) is 8.43. The fraction of sp³-hybridized carbons (Fsp3) is 0.348. The van der Waals surface area contributed by atoms with Crippen LogP contribution >= 0.6 is 27.5 Å². The third-order valence-corrected chi connectivity index (χ3v) is 5.16. The minimum absolute atomic E-state index is 0.155. The average molecular weight is 525 g/mol. The number of nitrogens with zero attached hydrogens (tertiary/aromatic N) is 1. The highest BCUT2D eigenvalue weighted by atomic mass is 79.9. The molecule has 0 bridgehead atoms. The molecule has 32 heavy (non-hydrogen) atoms. The van der Waals surface area contributed by atoms with E-state index < -0.39 is 11.9 Å². The Labute approximate surface area is 201 Å². The van der Waals surface area contributed by atoms with Crippen LogP contribution in [0.2, 0.25) is 5.02 Å². The number of carbonyl (C=O) groups excluding carboxylic acids is 2. The van der Waals surface area contributed by atoms with Gasteiger partial charge in [0, 0.05) is 10.6 Å². The van der Waals surface area contributed by atoms with E-state index in [1.54, 1.807) is 30.3 Å². The van der Waals surface area contributed by atoms with E-state index in [1.807, 2.05) is 33.8 Å². The van der Waals surface area contributed by atoms with Crippen molar-refractivity contribution in [3.05, 3.63) is 57.0 Å². The SMILES string of the molecule is CCOc1cc(/C=N\NC(=O)C(NC(=O)c2cccc(Cl)c2)C(C)C)cc(Br)c1OCC. The van der Waals surface area contributed by atoms with Crippen molar-refractivity contribution in [2.45, 2.75) is 33.7 Å². The smallest absolute Gasteiger partial charge is 0.262 e. The van der Waals surface area contributed by atoms with Crippen LogP contribution in [0.25, 0.3) is 0 Å². The first-order chi connectivity index (χ1) is 15.3. The zero-order chi connectivity index (χ0) is 23.7. The first-order valence-electron chi connectivity index (χ1n) is 10.2. The number of hydrogen-bond donors (Lipinski definition) is 2. The van der Waals surface area contributed by atoms with E-state index in [9.17, 15) is 9.59 Å². The highest BCUT2D eigenvalue weighted by Gasteiger charge is 2.24. The van der Waals surface area contributed by atoms with Gasteiger partial charge in [-0.05, 0) is 71.6 Å². The Hall–Kier alpha value is -2.58. The van der Waals surface area contributed by atoms with Crippen LogP contribution in [0.4, 0.5) is 0 Å². The molecule has 0 heterocycles. The number of ether oxygens (including phenoxy) is 2. The van der Waals surface area contributed by atoms with Crippen LogP contribution in [-0.2, 0) is 4.79 Å². The summed E-state index contributed by atoms with van der Waals surface area (Å²) in [6.07, 6.45) is 1.50. The number of hydrazone groups is 1. The molecule has 0 aromatic heterocycles. The van der Waals surface area contributed by atoms with Crippen molar-refractivity contribution >= 4 is 45.6 Å². The Balaban J connectivity index is 2.10. The second-order valence-electron chi connectivity index (χ2n) is 7.14. The van der Waals surface area contributed by atoms with Gasteiger partial charge in [0.2, 0.25) is 0 Å². The number of carbonyl (C=O) groups is 2. The normalized spacial score (nSPS) is 12.0. The molecule has 1 unspecified atom stereocenters. The van der Waals surface area contributed by atoms with E-state index in [0.717, 1.165) is 0 Å². The molecule has 2 N–H and O–H groups in total. The molecule has 2 amide bonds. The van der Waals surface area contributed by atoms with E-state index in [1.165, 1.54) is 6.21 Å². The zero-order valence-electron chi connectivity index (χ0n) is 18.4. The second-order valence-corrected chi connectivity index (χ2v) is 8.43.